The largest absolute Gasteiger partial charge is 0.496 e. The number of carboxylic acid groups (broad SMARTS) is 1. The molecule has 0 bridgehead atoms. The first-order chi connectivity index (χ1) is 14.0. The molecule has 0 radical (unpaired) electrons. The van der Waals surface area contributed by atoms with Crippen LogP contribution in [0.25, 0.3) is 22.4 Å². The van der Waals surface area contributed by atoms with Gasteiger partial charge < -0.3 is 15.2 Å². The molecule has 2 aromatic carbocycles. The zero-order valence-electron chi connectivity index (χ0n) is 16.3. The van der Waals surface area contributed by atoms with Crippen molar-refractivity contribution in [3.05, 3.63) is 71.9 Å². The first-order valence-corrected chi connectivity index (χ1v) is 9.15. The summed E-state index contributed by atoms with van der Waals surface area (Å²) >= 11 is 0. The number of benzene rings is 2. The second-order valence-corrected chi connectivity index (χ2v) is 6.60. The molecule has 3 rings (SSSR count). The average Bonchev–Trinajstić information content (AvgIpc) is 2.72. The van der Waals surface area contributed by atoms with Gasteiger partial charge in [-0.25, -0.2) is 0 Å². The van der Waals surface area contributed by atoms with Crippen LogP contribution in [0.5, 0.6) is 5.75 Å². The van der Waals surface area contributed by atoms with Gasteiger partial charge >= 0.3 is 5.97 Å². The van der Waals surface area contributed by atoms with Crippen LogP contribution >= 0.6 is 0 Å². The minimum atomic E-state index is -0.898. The van der Waals surface area contributed by atoms with E-state index in [9.17, 15) is 9.59 Å². The Labute approximate surface area is 169 Å². The van der Waals surface area contributed by atoms with Gasteiger partial charge in [0.05, 0.1) is 19.2 Å². The molecule has 0 saturated heterocycles. The quantitative estimate of drug-likeness (QED) is 0.642. The van der Waals surface area contributed by atoms with Crippen molar-refractivity contribution in [2.24, 2.45) is 0 Å². The Morgan fingerprint density at radius 1 is 1.07 bits per heavy atom. The van der Waals surface area contributed by atoms with Gasteiger partial charge in [-0.3, -0.25) is 14.6 Å². The molecule has 0 aliphatic heterocycles. The van der Waals surface area contributed by atoms with E-state index in [4.69, 9.17) is 9.84 Å². The molecule has 1 aromatic heterocycles. The lowest BCUT2D eigenvalue weighted by Crippen LogP contribution is -2.19. The monoisotopic (exact) mass is 390 g/mol. The number of aromatic nitrogens is 1. The van der Waals surface area contributed by atoms with Crippen LogP contribution in [0, 0.1) is 0 Å². The van der Waals surface area contributed by atoms with E-state index < -0.39 is 5.97 Å². The third-order valence-electron chi connectivity index (χ3n) is 4.50. The summed E-state index contributed by atoms with van der Waals surface area (Å²) in [7, 11) is 1.57. The zero-order chi connectivity index (χ0) is 20.8. The summed E-state index contributed by atoms with van der Waals surface area (Å²) in [5.74, 6) is -0.398. The van der Waals surface area contributed by atoms with Crippen LogP contribution < -0.4 is 10.1 Å². The van der Waals surface area contributed by atoms with Crippen LogP contribution in [0.4, 0.5) is 0 Å². The molecule has 6 heteroatoms. The van der Waals surface area contributed by atoms with Crippen LogP contribution in [0.1, 0.15) is 18.1 Å². The Morgan fingerprint density at radius 3 is 2.55 bits per heavy atom. The van der Waals surface area contributed by atoms with Gasteiger partial charge in [-0.15, -0.1) is 0 Å². The fourth-order valence-electron chi connectivity index (χ4n) is 3.17. The number of methoxy groups -OCH3 is 1. The molecule has 6 nitrogen and oxygen atoms in total. The lowest BCUT2D eigenvalue weighted by atomic mass is 9.94. The van der Waals surface area contributed by atoms with E-state index in [1.807, 2.05) is 42.5 Å². The van der Waals surface area contributed by atoms with Crippen LogP contribution in [-0.2, 0) is 22.6 Å². The van der Waals surface area contributed by atoms with Gasteiger partial charge in [0.15, 0.2) is 0 Å². The maximum absolute atomic E-state index is 11.5. The molecule has 1 heterocycles. The van der Waals surface area contributed by atoms with Gasteiger partial charge in [-0.1, -0.05) is 24.3 Å². The summed E-state index contributed by atoms with van der Waals surface area (Å²) in [5, 5.41) is 12.0. The smallest absolute Gasteiger partial charge is 0.307 e. The number of carboxylic acids is 1. The molecule has 0 fully saturated rings. The molecule has 0 atom stereocenters. The Morgan fingerprint density at radius 2 is 1.90 bits per heavy atom. The lowest BCUT2D eigenvalue weighted by molar-refractivity contribution is -0.136. The van der Waals surface area contributed by atoms with Crippen molar-refractivity contribution in [2.75, 3.05) is 7.11 Å². The molecule has 29 heavy (non-hydrogen) atoms. The second-order valence-electron chi connectivity index (χ2n) is 6.60. The third kappa shape index (κ3) is 4.99. The van der Waals surface area contributed by atoms with Crippen molar-refractivity contribution in [3.63, 3.8) is 0 Å². The first kappa shape index (κ1) is 20.1. The molecular formula is C23H22N2O4. The summed E-state index contributed by atoms with van der Waals surface area (Å²) in [5.41, 5.74) is 4.95. The van der Waals surface area contributed by atoms with E-state index in [0.717, 1.165) is 27.9 Å². The van der Waals surface area contributed by atoms with Crippen LogP contribution in [0.3, 0.4) is 0 Å². The average molecular weight is 390 g/mol. The summed E-state index contributed by atoms with van der Waals surface area (Å²) in [6.45, 7) is 1.80. The highest BCUT2D eigenvalue weighted by Gasteiger charge is 2.14. The normalized spacial score (nSPS) is 10.4. The van der Waals surface area contributed by atoms with E-state index >= 15 is 0 Å². The Bertz CT molecular complexity index is 1030. The fourth-order valence-corrected chi connectivity index (χ4v) is 3.17. The van der Waals surface area contributed by atoms with Gasteiger partial charge in [0, 0.05) is 30.8 Å². The van der Waals surface area contributed by atoms with E-state index in [1.165, 1.54) is 6.92 Å². The van der Waals surface area contributed by atoms with E-state index in [-0.39, 0.29) is 12.3 Å². The number of aliphatic carboxylic acids is 1. The van der Waals surface area contributed by atoms with Crippen LogP contribution in [-0.4, -0.2) is 29.1 Å². The number of nitrogens with one attached hydrogen (secondary N) is 1. The zero-order valence-corrected chi connectivity index (χ0v) is 16.3. The van der Waals surface area contributed by atoms with Crippen molar-refractivity contribution < 1.29 is 19.4 Å². The first-order valence-electron chi connectivity index (χ1n) is 9.15. The molecular weight excluding hydrogens is 368 g/mol. The highest BCUT2D eigenvalue weighted by molar-refractivity contribution is 5.79. The maximum atomic E-state index is 11.5. The number of amides is 1. The van der Waals surface area contributed by atoms with Crippen LogP contribution in [0.2, 0.25) is 0 Å². The summed E-state index contributed by atoms with van der Waals surface area (Å²) in [6.07, 6.45) is 1.65. The number of carbonyl (C=O) groups excluding carboxylic acids is 1. The fraction of sp³-hybridized carbons (Fsp3) is 0.174. The number of ether oxygens (including phenoxy) is 1. The summed E-state index contributed by atoms with van der Waals surface area (Å²) in [4.78, 5) is 27.0. The van der Waals surface area contributed by atoms with Gasteiger partial charge in [-0.05, 0) is 47.0 Å². The molecule has 2 N–H and O–H groups in total. The van der Waals surface area contributed by atoms with Gasteiger partial charge in [0.25, 0.3) is 0 Å². The van der Waals surface area contributed by atoms with Crippen molar-refractivity contribution in [1.82, 2.24) is 10.3 Å². The topological polar surface area (TPSA) is 88.5 Å². The van der Waals surface area contributed by atoms with Crippen molar-refractivity contribution in [3.8, 4) is 28.1 Å². The second kappa shape index (κ2) is 9.01. The van der Waals surface area contributed by atoms with Crippen molar-refractivity contribution in [1.29, 1.82) is 0 Å². The molecule has 0 aliphatic carbocycles. The lowest BCUT2D eigenvalue weighted by Gasteiger charge is -2.16. The highest BCUT2D eigenvalue weighted by atomic mass is 16.5. The Hall–Kier alpha value is -3.67. The number of pyridine rings is 1. The molecule has 148 valence electrons. The molecule has 0 spiro atoms. The minimum Gasteiger partial charge on any atom is -0.496 e. The highest BCUT2D eigenvalue weighted by Crippen LogP contribution is 2.35. The summed E-state index contributed by atoms with van der Waals surface area (Å²) in [6, 6.07) is 16.9. The number of hydrogen-bond acceptors (Lipinski definition) is 4. The molecule has 0 unspecified atom stereocenters. The Kier molecular flexibility index (Phi) is 6.24. The third-order valence-corrected chi connectivity index (χ3v) is 4.50. The molecule has 3 aromatic rings. The van der Waals surface area contributed by atoms with Gasteiger partial charge in [0.1, 0.15) is 5.75 Å². The number of rotatable bonds is 7. The van der Waals surface area contributed by atoms with Crippen molar-refractivity contribution >= 4 is 11.9 Å². The molecule has 0 saturated carbocycles. The maximum Gasteiger partial charge on any atom is 0.307 e. The predicted octanol–water partition coefficient (Wildman–Crippen LogP) is 3.69. The van der Waals surface area contributed by atoms with E-state index in [0.29, 0.717) is 17.9 Å². The Balaban J connectivity index is 2.12. The van der Waals surface area contributed by atoms with Crippen molar-refractivity contribution in [2.45, 2.75) is 19.9 Å². The minimum absolute atomic E-state index is 0.0793. The summed E-state index contributed by atoms with van der Waals surface area (Å²) < 4.78 is 5.51. The van der Waals surface area contributed by atoms with E-state index in [2.05, 4.69) is 10.3 Å². The molecule has 0 aliphatic rings. The number of hydrogen-bond donors (Lipinski definition) is 2. The van der Waals surface area contributed by atoms with Gasteiger partial charge in [0.2, 0.25) is 5.91 Å². The number of nitrogens with zero attached hydrogens (tertiary/aromatic N) is 1. The number of carbonyl (C=O) groups is 2. The van der Waals surface area contributed by atoms with Crippen LogP contribution in [0.15, 0.2) is 60.8 Å². The van der Waals surface area contributed by atoms with Gasteiger partial charge in [-0.2, -0.15) is 0 Å². The SMILES string of the molecule is COc1ccc(CC(=O)O)cc1-c1ccc(-c2ccccn2)cc1CNC(C)=O. The predicted molar refractivity (Wildman–Crippen MR) is 111 cm³/mol. The molecule has 1 amide bonds. The van der Waals surface area contributed by atoms with E-state index in [1.54, 1.807) is 25.4 Å². The standard InChI is InChI=1S/C23H22N2O4/c1-15(26)25-14-18-13-17(21-5-3-4-10-24-21)7-8-19(18)20-11-16(12-23(27)28)6-9-22(20)29-2/h3-11,13H,12,14H2,1-2H3,(H,25,26)(H,27,28).